The zero-order chi connectivity index (χ0) is 15.1. The van der Waals surface area contributed by atoms with Crippen molar-refractivity contribution in [2.75, 3.05) is 5.32 Å². The number of allylic oxidation sites excluding steroid dienone is 1. The number of amides is 1. The number of carbonyl (C=O) groups excluding carboxylic acids is 1. The van der Waals surface area contributed by atoms with Crippen molar-refractivity contribution < 1.29 is 4.79 Å². The van der Waals surface area contributed by atoms with Gasteiger partial charge >= 0.3 is 0 Å². The summed E-state index contributed by atoms with van der Waals surface area (Å²) in [7, 11) is 1.84. The fourth-order valence-electron chi connectivity index (χ4n) is 1.75. The summed E-state index contributed by atoms with van der Waals surface area (Å²) in [5.74, 6) is 5.74. The first kappa shape index (κ1) is 14.6. The lowest BCUT2D eigenvalue weighted by Gasteiger charge is -2.05. The van der Waals surface area contributed by atoms with Crippen molar-refractivity contribution >= 4 is 11.6 Å². The molecule has 0 spiro atoms. The summed E-state index contributed by atoms with van der Waals surface area (Å²) >= 11 is 0. The number of benzene rings is 1. The minimum atomic E-state index is -0.121. The molecule has 4 heteroatoms. The van der Waals surface area contributed by atoms with E-state index < -0.39 is 0 Å². The molecular weight excluding hydrogens is 262 g/mol. The van der Waals surface area contributed by atoms with Gasteiger partial charge in [-0.15, -0.1) is 0 Å². The van der Waals surface area contributed by atoms with Crippen LogP contribution in [0.25, 0.3) is 0 Å². The third-order valence-corrected chi connectivity index (χ3v) is 2.87. The first-order valence-electron chi connectivity index (χ1n) is 6.74. The van der Waals surface area contributed by atoms with Crippen LogP contribution in [0.2, 0.25) is 0 Å². The van der Waals surface area contributed by atoms with Gasteiger partial charge in [-0.1, -0.05) is 37.0 Å². The quantitative estimate of drug-likeness (QED) is 0.693. The molecule has 2 rings (SSSR count). The number of hydrogen-bond acceptors (Lipinski definition) is 2. The van der Waals surface area contributed by atoms with Crippen molar-refractivity contribution in [3.63, 3.8) is 0 Å². The van der Waals surface area contributed by atoms with Gasteiger partial charge in [0.15, 0.2) is 0 Å². The van der Waals surface area contributed by atoms with Gasteiger partial charge in [0.05, 0.1) is 11.8 Å². The molecule has 2 aromatic rings. The Balaban J connectivity index is 2.06. The molecule has 1 heterocycles. The molecule has 0 bridgehead atoms. The van der Waals surface area contributed by atoms with E-state index in [0.29, 0.717) is 12.0 Å². The van der Waals surface area contributed by atoms with Gasteiger partial charge in [-0.25, -0.2) is 0 Å². The summed E-state index contributed by atoms with van der Waals surface area (Å²) in [4.78, 5) is 12.1. The molecule has 0 unspecified atom stereocenters. The van der Waals surface area contributed by atoms with Crippen LogP contribution in [0.5, 0.6) is 0 Å². The summed E-state index contributed by atoms with van der Waals surface area (Å²) in [6, 6.07) is 9.38. The average molecular weight is 279 g/mol. The van der Waals surface area contributed by atoms with Crippen LogP contribution in [0.4, 0.5) is 5.69 Å². The lowest BCUT2D eigenvalue weighted by atomic mass is 10.1. The molecule has 0 radical (unpaired) electrons. The van der Waals surface area contributed by atoms with Gasteiger partial charge in [-0.05, 0) is 24.6 Å². The molecule has 106 valence electrons. The second-order valence-corrected chi connectivity index (χ2v) is 4.52. The minimum absolute atomic E-state index is 0.121. The molecule has 1 amide bonds. The zero-order valence-corrected chi connectivity index (χ0v) is 12.1. The predicted octanol–water partition coefficient (Wildman–Crippen LogP) is 2.75. The molecule has 0 atom stereocenters. The monoisotopic (exact) mass is 279 g/mol. The molecule has 0 aliphatic carbocycles. The molecule has 1 aromatic carbocycles. The normalized spacial score (nSPS) is 10.7. The molecule has 0 saturated heterocycles. The largest absolute Gasteiger partial charge is 0.322 e. The van der Waals surface area contributed by atoms with Gasteiger partial charge in [0, 0.05) is 24.5 Å². The van der Waals surface area contributed by atoms with Crippen molar-refractivity contribution in [1.29, 1.82) is 0 Å². The Labute approximate surface area is 124 Å². The number of hydrogen-bond donors (Lipinski definition) is 1. The maximum absolute atomic E-state index is 12.1. The number of carbonyl (C=O) groups is 1. The van der Waals surface area contributed by atoms with E-state index in [-0.39, 0.29) is 5.91 Å². The van der Waals surface area contributed by atoms with Gasteiger partial charge in [-0.2, -0.15) is 5.10 Å². The number of aromatic nitrogens is 2. The van der Waals surface area contributed by atoms with Gasteiger partial charge < -0.3 is 5.32 Å². The standard InChI is InChI=1S/C17H17N3O/c1-3-15(9-7-8-14-12-18-20(2)13-14)17(21)19-16-10-5-4-6-11-16/h4-6,9-13H,3H2,1-2H3,(H,19,21)/b15-9-. The number of aryl methyl sites for hydroxylation is 1. The first-order valence-corrected chi connectivity index (χ1v) is 6.74. The molecule has 0 aliphatic rings. The van der Waals surface area contributed by atoms with Crippen molar-refractivity contribution in [3.8, 4) is 11.8 Å². The molecular formula is C17H17N3O. The van der Waals surface area contributed by atoms with Crippen LogP contribution in [0, 0.1) is 11.8 Å². The number of rotatable bonds is 3. The van der Waals surface area contributed by atoms with Crippen LogP contribution in [-0.4, -0.2) is 15.7 Å². The van der Waals surface area contributed by atoms with Crippen molar-refractivity contribution in [3.05, 3.63) is 59.9 Å². The molecule has 21 heavy (non-hydrogen) atoms. The van der Waals surface area contributed by atoms with E-state index in [4.69, 9.17) is 0 Å². The van der Waals surface area contributed by atoms with Gasteiger partial charge in [-0.3, -0.25) is 9.48 Å². The smallest absolute Gasteiger partial charge is 0.252 e. The highest BCUT2D eigenvalue weighted by atomic mass is 16.1. The molecule has 0 saturated carbocycles. The maximum atomic E-state index is 12.1. The summed E-state index contributed by atoms with van der Waals surface area (Å²) in [5.41, 5.74) is 2.25. The highest BCUT2D eigenvalue weighted by molar-refractivity contribution is 6.03. The van der Waals surface area contributed by atoms with Crippen molar-refractivity contribution in [2.45, 2.75) is 13.3 Å². The Bertz CT molecular complexity index is 702. The van der Waals surface area contributed by atoms with Gasteiger partial charge in [0.1, 0.15) is 0 Å². The highest BCUT2D eigenvalue weighted by Crippen LogP contribution is 2.09. The SMILES string of the molecule is CC/C(=C/C#Cc1cnn(C)c1)C(=O)Nc1ccccc1. The predicted molar refractivity (Wildman–Crippen MR) is 83.5 cm³/mol. The first-order chi connectivity index (χ1) is 10.2. The number of nitrogens with zero attached hydrogens (tertiary/aromatic N) is 2. The third kappa shape index (κ3) is 4.36. The number of anilines is 1. The zero-order valence-electron chi connectivity index (χ0n) is 12.1. The van der Waals surface area contributed by atoms with E-state index >= 15 is 0 Å². The lowest BCUT2D eigenvalue weighted by Crippen LogP contribution is -2.13. The molecule has 1 aromatic heterocycles. The Hall–Kier alpha value is -2.80. The van der Waals surface area contributed by atoms with E-state index in [2.05, 4.69) is 22.3 Å². The number of nitrogens with one attached hydrogen (secondary N) is 1. The van der Waals surface area contributed by atoms with Crippen molar-refractivity contribution in [1.82, 2.24) is 9.78 Å². The second-order valence-electron chi connectivity index (χ2n) is 4.52. The van der Waals surface area contributed by atoms with Crippen LogP contribution in [0.15, 0.2) is 54.4 Å². The van der Waals surface area contributed by atoms with Crippen LogP contribution < -0.4 is 5.32 Å². The van der Waals surface area contributed by atoms with E-state index in [0.717, 1.165) is 11.3 Å². The van der Waals surface area contributed by atoms with Crippen LogP contribution in [-0.2, 0) is 11.8 Å². The van der Waals surface area contributed by atoms with E-state index in [9.17, 15) is 4.79 Å². The van der Waals surface area contributed by atoms with Crippen LogP contribution in [0.3, 0.4) is 0 Å². The van der Waals surface area contributed by atoms with E-state index in [1.54, 1.807) is 17.0 Å². The average Bonchev–Trinajstić information content (AvgIpc) is 2.90. The topological polar surface area (TPSA) is 46.9 Å². The maximum Gasteiger partial charge on any atom is 0.252 e. The summed E-state index contributed by atoms with van der Waals surface area (Å²) in [6.07, 6.45) is 5.80. The number of para-hydroxylation sites is 1. The Morgan fingerprint density at radius 1 is 1.38 bits per heavy atom. The Morgan fingerprint density at radius 3 is 2.76 bits per heavy atom. The van der Waals surface area contributed by atoms with Crippen molar-refractivity contribution in [2.24, 2.45) is 7.05 Å². The summed E-state index contributed by atoms with van der Waals surface area (Å²) in [6.45, 7) is 1.93. The van der Waals surface area contributed by atoms with E-state index in [1.807, 2.05) is 50.5 Å². The van der Waals surface area contributed by atoms with Crippen LogP contribution in [0.1, 0.15) is 18.9 Å². The molecule has 4 nitrogen and oxygen atoms in total. The van der Waals surface area contributed by atoms with Gasteiger partial charge in [0.2, 0.25) is 0 Å². The third-order valence-electron chi connectivity index (χ3n) is 2.87. The fourth-order valence-corrected chi connectivity index (χ4v) is 1.75. The molecule has 1 N–H and O–H groups in total. The highest BCUT2D eigenvalue weighted by Gasteiger charge is 2.06. The fraction of sp³-hybridized carbons (Fsp3) is 0.176. The van der Waals surface area contributed by atoms with Crippen LogP contribution >= 0.6 is 0 Å². The Morgan fingerprint density at radius 2 is 2.14 bits per heavy atom. The summed E-state index contributed by atoms with van der Waals surface area (Å²) in [5, 5.41) is 6.89. The minimum Gasteiger partial charge on any atom is -0.322 e. The molecule has 0 aliphatic heterocycles. The Kier molecular flexibility index (Phi) is 4.94. The van der Waals surface area contributed by atoms with E-state index in [1.165, 1.54) is 0 Å². The molecule has 0 fully saturated rings. The summed E-state index contributed by atoms with van der Waals surface area (Å²) < 4.78 is 1.69. The van der Waals surface area contributed by atoms with Gasteiger partial charge in [0.25, 0.3) is 5.91 Å². The lowest BCUT2D eigenvalue weighted by molar-refractivity contribution is -0.112. The second kappa shape index (κ2) is 7.11.